The Hall–Kier alpha value is -2.41. The molecule has 0 aliphatic heterocycles. The van der Waals surface area contributed by atoms with E-state index in [0.29, 0.717) is 28.0 Å². The number of phenolic OH excluding ortho intramolecular Hbond substituents is 1. The molecule has 0 saturated carbocycles. The maximum absolute atomic E-state index is 11.9. The highest BCUT2D eigenvalue weighted by atomic mass is 79.9. The number of benzene rings is 1. The second-order valence-corrected chi connectivity index (χ2v) is 5.13. The highest BCUT2D eigenvalue weighted by molar-refractivity contribution is 9.10. The average Bonchev–Trinajstić information content (AvgIpc) is 2.51. The van der Waals surface area contributed by atoms with Crippen molar-refractivity contribution in [1.29, 1.82) is 0 Å². The van der Waals surface area contributed by atoms with Crippen molar-refractivity contribution in [3.05, 3.63) is 52.3 Å². The number of carbonyl (C=O) groups is 1. The molecule has 1 aromatic heterocycles. The van der Waals surface area contributed by atoms with Crippen LogP contribution in [-0.2, 0) is 0 Å². The first kappa shape index (κ1) is 16.0. The summed E-state index contributed by atoms with van der Waals surface area (Å²) in [7, 11) is 0. The molecule has 6 nitrogen and oxygen atoms in total. The summed E-state index contributed by atoms with van der Waals surface area (Å²) in [5.41, 5.74) is 3.19. The van der Waals surface area contributed by atoms with Gasteiger partial charge in [0.25, 0.3) is 5.91 Å². The summed E-state index contributed by atoms with van der Waals surface area (Å²) in [4.78, 5) is 15.8. The van der Waals surface area contributed by atoms with Gasteiger partial charge in [-0.25, -0.2) is 5.43 Å². The van der Waals surface area contributed by atoms with E-state index in [9.17, 15) is 9.90 Å². The van der Waals surface area contributed by atoms with Gasteiger partial charge < -0.3 is 9.84 Å². The summed E-state index contributed by atoms with van der Waals surface area (Å²) in [6.07, 6.45) is 4.36. The maximum Gasteiger partial charge on any atom is 0.272 e. The third-order valence-electron chi connectivity index (χ3n) is 2.67. The highest BCUT2D eigenvalue weighted by Gasteiger charge is 2.07. The second-order valence-electron chi connectivity index (χ2n) is 4.22. The molecule has 0 radical (unpaired) electrons. The fourth-order valence-electron chi connectivity index (χ4n) is 1.68. The zero-order chi connectivity index (χ0) is 15.9. The van der Waals surface area contributed by atoms with Crippen LogP contribution in [0, 0.1) is 0 Å². The predicted molar refractivity (Wildman–Crippen MR) is 86.3 cm³/mol. The molecule has 0 aliphatic carbocycles. The Morgan fingerprint density at radius 2 is 2.32 bits per heavy atom. The summed E-state index contributed by atoms with van der Waals surface area (Å²) in [5.74, 6) is -0.0501. The Balaban J connectivity index is 2.07. The third-order valence-corrected chi connectivity index (χ3v) is 3.10. The summed E-state index contributed by atoms with van der Waals surface area (Å²) in [6, 6.07) is 6.67. The molecule has 1 heterocycles. The van der Waals surface area contributed by atoms with Crippen LogP contribution in [-0.4, -0.2) is 28.8 Å². The zero-order valence-corrected chi connectivity index (χ0v) is 13.4. The Labute approximate surface area is 136 Å². The van der Waals surface area contributed by atoms with Crippen molar-refractivity contribution in [1.82, 2.24) is 10.4 Å². The van der Waals surface area contributed by atoms with E-state index >= 15 is 0 Å². The number of ether oxygens (including phenoxy) is 1. The summed E-state index contributed by atoms with van der Waals surface area (Å²) < 4.78 is 5.97. The van der Waals surface area contributed by atoms with Gasteiger partial charge in [0.1, 0.15) is 0 Å². The van der Waals surface area contributed by atoms with Crippen LogP contribution in [0.15, 0.2) is 46.2 Å². The molecule has 2 rings (SSSR count). The van der Waals surface area contributed by atoms with Gasteiger partial charge in [-0.05, 0) is 41.1 Å². The molecule has 0 atom stereocenters. The molecule has 0 unspecified atom stereocenters. The molecule has 0 bridgehead atoms. The van der Waals surface area contributed by atoms with Gasteiger partial charge in [-0.3, -0.25) is 9.78 Å². The molecular weight excluding hydrogens is 350 g/mol. The third kappa shape index (κ3) is 4.05. The van der Waals surface area contributed by atoms with E-state index in [0.717, 1.165) is 0 Å². The van der Waals surface area contributed by atoms with Crippen LogP contribution in [0.4, 0.5) is 0 Å². The minimum absolute atomic E-state index is 0.0218. The van der Waals surface area contributed by atoms with Crippen molar-refractivity contribution in [3.8, 4) is 11.5 Å². The first-order valence-corrected chi connectivity index (χ1v) is 7.30. The monoisotopic (exact) mass is 363 g/mol. The lowest BCUT2D eigenvalue weighted by molar-refractivity contribution is 0.0954. The number of amides is 1. The topological polar surface area (TPSA) is 83.8 Å². The Morgan fingerprint density at radius 3 is 3.05 bits per heavy atom. The molecule has 0 aliphatic rings. The van der Waals surface area contributed by atoms with Gasteiger partial charge in [0, 0.05) is 22.4 Å². The zero-order valence-electron chi connectivity index (χ0n) is 11.8. The standard InChI is InChI=1S/C15H14BrN3O3/c1-2-22-13-5-3-4-10(14(13)20)8-18-19-15(21)11-6-12(16)9-17-7-11/h3-9,20H,2H2,1H3,(H,19,21)/b18-8-. The lowest BCUT2D eigenvalue weighted by atomic mass is 10.2. The van der Waals surface area contributed by atoms with Crippen molar-refractivity contribution < 1.29 is 14.6 Å². The van der Waals surface area contributed by atoms with E-state index in [4.69, 9.17) is 4.74 Å². The minimum atomic E-state index is -0.398. The van der Waals surface area contributed by atoms with Crippen molar-refractivity contribution in [3.63, 3.8) is 0 Å². The van der Waals surface area contributed by atoms with E-state index in [1.807, 2.05) is 6.92 Å². The van der Waals surface area contributed by atoms with Crippen molar-refractivity contribution in [2.45, 2.75) is 6.92 Å². The predicted octanol–water partition coefficient (Wildman–Crippen LogP) is 2.71. The van der Waals surface area contributed by atoms with E-state index in [1.54, 1.807) is 30.5 Å². The molecule has 1 amide bonds. The molecule has 1 aromatic carbocycles. The molecule has 0 spiro atoms. The fourth-order valence-corrected chi connectivity index (χ4v) is 2.04. The molecule has 0 saturated heterocycles. The summed E-state index contributed by atoms with van der Waals surface area (Å²) >= 11 is 3.24. The summed E-state index contributed by atoms with van der Waals surface area (Å²) in [6.45, 7) is 2.27. The molecule has 2 aromatic rings. The van der Waals surface area contributed by atoms with Crippen LogP contribution in [0.25, 0.3) is 0 Å². The number of nitrogens with one attached hydrogen (secondary N) is 1. The van der Waals surface area contributed by atoms with E-state index in [2.05, 4.69) is 31.4 Å². The van der Waals surface area contributed by atoms with Gasteiger partial charge in [0.2, 0.25) is 0 Å². The minimum Gasteiger partial charge on any atom is -0.504 e. The molecule has 22 heavy (non-hydrogen) atoms. The number of nitrogens with zero attached hydrogens (tertiary/aromatic N) is 2. The molecule has 0 fully saturated rings. The number of pyridine rings is 1. The first-order chi connectivity index (χ1) is 10.6. The average molecular weight is 364 g/mol. The fraction of sp³-hybridized carbons (Fsp3) is 0.133. The van der Waals surface area contributed by atoms with E-state index in [1.165, 1.54) is 12.4 Å². The quantitative estimate of drug-likeness (QED) is 0.631. The normalized spacial score (nSPS) is 10.6. The second kappa shape index (κ2) is 7.56. The van der Waals surface area contributed by atoms with Crippen molar-refractivity contribution >= 4 is 28.1 Å². The number of phenols is 1. The SMILES string of the molecule is CCOc1cccc(/C=N\NC(=O)c2cncc(Br)c2)c1O. The molecule has 114 valence electrons. The number of hydrazone groups is 1. The maximum atomic E-state index is 11.9. The van der Waals surface area contributed by atoms with Crippen LogP contribution >= 0.6 is 15.9 Å². The van der Waals surface area contributed by atoms with Crippen molar-refractivity contribution in [2.75, 3.05) is 6.61 Å². The number of aromatic hydroxyl groups is 1. The van der Waals surface area contributed by atoms with Crippen LogP contribution in [0.3, 0.4) is 0 Å². The summed E-state index contributed by atoms with van der Waals surface area (Å²) in [5, 5.41) is 13.8. The number of halogens is 1. The van der Waals surface area contributed by atoms with Gasteiger partial charge in [0.05, 0.1) is 18.4 Å². The van der Waals surface area contributed by atoms with Crippen LogP contribution in [0.5, 0.6) is 11.5 Å². The molecule has 7 heteroatoms. The molecule has 2 N–H and O–H groups in total. The Bertz CT molecular complexity index is 704. The largest absolute Gasteiger partial charge is 0.504 e. The van der Waals surface area contributed by atoms with E-state index in [-0.39, 0.29) is 5.75 Å². The first-order valence-electron chi connectivity index (χ1n) is 6.50. The van der Waals surface area contributed by atoms with Crippen LogP contribution in [0.2, 0.25) is 0 Å². The van der Waals surface area contributed by atoms with Gasteiger partial charge in [-0.1, -0.05) is 6.07 Å². The number of hydrogen-bond donors (Lipinski definition) is 2. The van der Waals surface area contributed by atoms with Crippen LogP contribution < -0.4 is 10.2 Å². The highest BCUT2D eigenvalue weighted by Crippen LogP contribution is 2.28. The Morgan fingerprint density at radius 1 is 1.50 bits per heavy atom. The van der Waals surface area contributed by atoms with Gasteiger partial charge >= 0.3 is 0 Å². The number of para-hydroxylation sites is 1. The lowest BCUT2D eigenvalue weighted by Gasteiger charge is -2.07. The Kier molecular flexibility index (Phi) is 5.48. The smallest absolute Gasteiger partial charge is 0.272 e. The number of carbonyl (C=O) groups excluding carboxylic acids is 1. The van der Waals surface area contributed by atoms with Crippen LogP contribution in [0.1, 0.15) is 22.8 Å². The van der Waals surface area contributed by atoms with Gasteiger partial charge in [0.15, 0.2) is 11.5 Å². The van der Waals surface area contributed by atoms with Crippen molar-refractivity contribution in [2.24, 2.45) is 5.10 Å². The number of hydrogen-bond acceptors (Lipinski definition) is 5. The van der Waals surface area contributed by atoms with Gasteiger partial charge in [-0.2, -0.15) is 5.10 Å². The van der Waals surface area contributed by atoms with Gasteiger partial charge in [-0.15, -0.1) is 0 Å². The lowest BCUT2D eigenvalue weighted by Crippen LogP contribution is -2.17. The number of rotatable bonds is 5. The molecular formula is C15H14BrN3O3. The number of aromatic nitrogens is 1. The van der Waals surface area contributed by atoms with E-state index < -0.39 is 5.91 Å².